The van der Waals surface area contributed by atoms with E-state index in [2.05, 4.69) is 44.6 Å². The summed E-state index contributed by atoms with van der Waals surface area (Å²) in [4.78, 5) is 144. The zero-order valence-electron chi connectivity index (χ0n) is 62.4. The maximum atomic E-state index is 14.8. The number of hydrogen-bond acceptors (Lipinski definition) is 13. The number of urea groups is 1. The largest absolute Gasteiger partial charge is 0.445 e. The van der Waals surface area contributed by atoms with E-state index in [0.29, 0.717) is 67.6 Å². The van der Waals surface area contributed by atoms with Gasteiger partial charge in [0.1, 0.15) is 30.8 Å². The number of primary amides is 1. The quantitative estimate of drug-likeness (QED) is 0.0156. The van der Waals surface area contributed by atoms with Crippen LogP contribution < -0.4 is 42.5 Å². The number of aliphatic hydroxyl groups is 1. The summed E-state index contributed by atoms with van der Waals surface area (Å²) in [5.41, 5.74) is 11.2. The first-order chi connectivity index (χ1) is 49.0. The highest BCUT2D eigenvalue weighted by atomic mass is 16.6. The number of ether oxygens (including phenoxy) is 2. The Bertz CT molecular complexity index is 3580. The van der Waals surface area contributed by atoms with E-state index in [-0.39, 0.29) is 74.8 Å². The molecule has 24 heteroatoms. The number of likely N-dealkylation sites (tertiary alicyclic amines) is 1. The van der Waals surface area contributed by atoms with Crippen LogP contribution in [-0.2, 0) is 61.0 Å². The SMILES string of the molecule is C=C([C@@H](C)C(=O)N[C@H](C)[C@@H](O)c1ccccc1)[C@@H]1CCCN1C(=O)C[C@@H](OC)C([C@@H](C)CC)N(C)C(=O)[C@@H](NC(=O)[C@H](C(C)C)N(C)C(=O)OCc1ccc(NC(=O)[C@H](CCCNC(N)=O)NC(=O)[C@@H](NC(=O)CCCCC(=O)N2Cc3ccccc3/C=C\c3ccccc32)C(C)C)cc1)C(C)C. The minimum atomic E-state index is -1.12. The summed E-state index contributed by atoms with van der Waals surface area (Å²) in [5, 5.41) is 27.8. The molecule has 0 aliphatic carbocycles. The average molecular weight is 1420 g/mol. The van der Waals surface area contributed by atoms with E-state index in [4.69, 9.17) is 15.2 Å². The van der Waals surface area contributed by atoms with E-state index in [9.17, 15) is 53.1 Å². The highest BCUT2D eigenvalue weighted by Crippen LogP contribution is 2.33. The maximum absolute atomic E-state index is 14.8. The minimum Gasteiger partial charge on any atom is -0.445 e. The Hall–Kier alpha value is -9.42. The Morgan fingerprint density at radius 3 is 1.95 bits per heavy atom. The van der Waals surface area contributed by atoms with Gasteiger partial charge in [0.2, 0.25) is 47.3 Å². The van der Waals surface area contributed by atoms with Crippen LogP contribution in [0.1, 0.15) is 167 Å². The second-order valence-corrected chi connectivity index (χ2v) is 28.3. The van der Waals surface area contributed by atoms with Crippen LogP contribution in [0, 0.1) is 29.6 Å². The number of carbonyl (C=O) groups is 10. The van der Waals surface area contributed by atoms with Gasteiger partial charge >= 0.3 is 12.1 Å². The third-order valence-electron chi connectivity index (χ3n) is 19.7. The van der Waals surface area contributed by atoms with Crippen molar-refractivity contribution in [3.63, 3.8) is 0 Å². The Morgan fingerprint density at radius 1 is 0.680 bits per heavy atom. The van der Waals surface area contributed by atoms with Crippen LogP contribution in [0.5, 0.6) is 0 Å². The molecule has 4 aromatic rings. The molecule has 0 saturated carbocycles. The van der Waals surface area contributed by atoms with Gasteiger partial charge in [-0.3, -0.25) is 43.3 Å². The monoisotopic (exact) mass is 1420 g/mol. The molecular weight excluding hydrogens is 1310 g/mol. The third kappa shape index (κ3) is 23.3. The molecule has 103 heavy (non-hydrogen) atoms. The fraction of sp³-hybridized carbons (Fsp3) is 0.519. The minimum absolute atomic E-state index is 0.0541. The third-order valence-corrected chi connectivity index (χ3v) is 19.7. The molecule has 0 radical (unpaired) electrons. The summed E-state index contributed by atoms with van der Waals surface area (Å²) in [5.74, 6) is -5.29. The number of aliphatic hydroxyl groups excluding tert-OH is 1. The van der Waals surface area contributed by atoms with Gasteiger partial charge in [-0.25, -0.2) is 9.59 Å². The molecule has 1 unspecified atom stereocenters. The first-order valence-corrected chi connectivity index (χ1v) is 36.2. The molecule has 6 rings (SSSR count). The number of carbonyl (C=O) groups excluding carboxylic acids is 10. The number of nitrogens with one attached hydrogen (secondary N) is 6. The smallest absolute Gasteiger partial charge is 0.410 e. The molecule has 0 spiro atoms. The van der Waals surface area contributed by atoms with Crippen LogP contribution >= 0.6 is 0 Å². The molecule has 560 valence electrons. The molecule has 1 saturated heterocycles. The molecule has 0 bridgehead atoms. The first-order valence-electron chi connectivity index (χ1n) is 36.2. The zero-order chi connectivity index (χ0) is 75.8. The lowest BCUT2D eigenvalue weighted by Gasteiger charge is -2.41. The van der Waals surface area contributed by atoms with Gasteiger partial charge in [0.15, 0.2) is 0 Å². The predicted molar refractivity (Wildman–Crippen MR) is 399 cm³/mol. The van der Waals surface area contributed by atoms with Crippen molar-refractivity contribution in [3.05, 3.63) is 143 Å². The fourth-order valence-corrected chi connectivity index (χ4v) is 13.4. The van der Waals surface area contributed by atoms with Crippen molar-refractivity contribution in [2.24, 2.45) is 35.3 Å². The van der Waals surface area contributed by atoms with E-state index < -0.39 is 114 Å². The Balaban J connectivity index is 1.02. The van der Waals surface area contributed by atoms with E-state index in [0.717, 1.165) is 22.4 Å². The molecule has 9 N–H and O–H groups in total. The number of amides is 11. The number of rotatable bonds is 36. The van der Waals surface area contributed by atoms with Crippen LogP contribution in [0.15, 0.2) is 115 Å². The summed E-state index contributed by atoms with van der Waals surface area (Å²) < 4.78 is 11.8. The van der Waals surface area contributed by atoms with Crippen molar-refractivity contribution in [2.75, 3.05) is 44.5 Å². The van der Waals surface area contributed by atoms with Gasteiger partial charge in [-0.1, -0.05) is 165 Å². The number of unbranched alkanes of at least 4 members (excludes halogenated alkanes) is 1. The van der Waals surface area contributed by atoms with Gasteiger partial charge < -0.3 is 66.9 Å². The molecule has 4 aromatic carbocycles. The van der Waals surface area contributed by atoms with Crippen molar-refractivity contribution in [1.29, 1.82) is 0 Å². The van der Waals surface area contributed by atoms with Crippen molar-refractivity contribution >= 4 is 82.9 Å². The predicted octanol–water partition coefficient (Wildman–Crippen LogP) is 9.41. The molecule has 2 heterocycles. The fourth-order valence-electron chi connectivity index (χ4n) is 13.4. The van der Waals surface area contributed by atoms with Gasteiger partial charge in [0.05, 0.1) is 54.9 Å². The number of nitrogens with two attached hydrogens (primary N) is 1. The normalized spacial score (nSPS) is 16.6. The zero-order valence-corrected chi connectivity index (χ0v) is 62.4. The van der Waals surface area contributed by atoms with E-state index >= 15 is 0 Å². The number of nitrogens with zero attached hydrogens (tertiary/aromatic N) is 4. The second kappa shape index (κ2) is 39.9. The van der Waals surface area contributed by atoms with E-state index in [1.807, 2.05) is 86.7 Å². The number of benzene rings is 4. The number of para-hydroxylation sites is 1. The van der Waals surface area contributed by atoms with Crippen LogP contribution in [-0.4, -0.2) is 162 Å². The van der Waals surface area contributed by atoms with Crippen LogP contribution in [0.3, 0.4) is 0 Å². The highest BCUT2D eigenvalue weighted by molar-refractivity contribution is 5.99. The number of fused-ring (bicyclic) bond motifs is 2. The summed E-state index contributed by atoms with van der Waals surface area (Å²) in [6, 6.07) is 24.5. The van der Waals surface area contributed by atoms with Crippen molar-refractivity contribution in [3.8, 4) is 0 Å². The second-order valence-electron chi connectivity index (χ2n) is 28.3. The lowest BCUT2D eigenvalue weighted by Crippen LogP contribution is -2.60. The van der Waals surface area contributed by atoms with Crippen LogP contribution in [0.2, 0.25) is 0 Å². The summed E-state index contributed by atoms with van der Waals surface area (Å²) in [6.45, 7) is 23.2. The molecule has 2 aliphatic heterocycles. The highest BCUT2D eigenvalue weighted by Gasteiger charge is 2.42. The molecule has 24 nitrogen and oxygen atoms in total. The Labute approximate surface area is 608 Å². The van der Waals surface area contributed by atoms with Crippen molar-refractivity contribution in [2.45, 2.75) is 201 Å². The average Bonchev–Trinajstić information content (AvgIpc) is 1.70. The lowest BCUT2D eigenvalue weighted by atomic mass is 9.89. The molecule has 11 atom stereocenters. The number of hydrogen-bond donors (Lipinski definition) is 8. The van der Waals surface area contributed by atoms with Crippen LogP contribution in [0.25, 0.3) is 12.2 Å². The Morgan fingerprint density at radius 2 is 1.31 bits per heavy atom. The van der Waals surface area contributed by atoms with Gasteiger partial charge in [-0.05, 0) is 128 Å². The van der Waals surface area contributed by atoms with Crippen molar-refractivity contribution < 1.29 is 62.5 Å². The molecule has 1 fully saturated rings. The topological polar surface area (TPSA) is 321 Å². The lowest BCUT2D eigenvalue weighted by molar-refractivity contribution is -0.146. The molecular formula is C79H111N11O13. The van der Waals surface area contributed by atoms with Gasteiger partial charge in [-0.2, -0.15) is 0 Å². The molecule has 2 aliphatic rings. The summed E-state index contributed by atoms with van der Waals surface area (Å²) in [6.07, 6.45) is 4.79. The Kier molecular flexibility index (Phi) is 31.9. The maximum Gasteiger partial charge on any atom is 0.410 e. The van der Waals surface area contributed by atoms with E-state index in [1.165, 1.54) is 19.1 Å². The first kappa shape index (κ1) is 82.5. The van der Waals surface area contributed by atoms with Gasteiger partial charge in [0.25, 0.3) is 0 Å². The summed E-state index contributed by atoms with van der Waals surface area (Å²) >= 11 is 0. The number of likely N-dealkylation sites (N-methyl/N-ethyl adjacent to an activating group) is 2. The van der Waals surface area contributed by atoms with Gasteiger partial charge in [-0.15, -0.1) is 0 Å². The van der Waals surface area contributed by atoms with Gasteiger partial charge in [0, 0.05) is 52.8 Å². The van der Waals surface area contributed by atoms with Crippen LogP contribution in [0.4, 0.5) is 21.0 Å². The summed E-state index contributed by atoms with van der Waals surface area (Å²) in [7, 11) is 4.58. The molecule has 11 amide bonds. The van der Waals surface area contributed by atoms with E-state index in [1.54, 1.807) is 114 Å². The molecule has 0 aromatic heterocycles. The van der Waals surface area contributed by atoms with Crippen molar-refractivity contribution in [1.82, 2.24) is 41.3 Å². The number of methoxy groups -OCH3 is 1. The number of anilines is 2. The standard InChI is InChI=1S/C79H111N11O13/c1-15-51(8)71(64(102-14)45-67(93)89-44-26-34-62(89)52(9)53(10)73(95)82-54(11)72(94)58-29-17-16-18-30-58)87(12)77(99)69(49(4)5)86-76(98)70(50(6)7)88(13)79(101)103-47-55-37-41-60(42-38-55)83-74(96)61(32-25-43-81-78(80)100)84-75(97)68(48(2)3)85-65(91)35-23-24-36-66(92)90-46-59-31-20-19-27-56(59)39-40-57-28-21-22-33-63(57)90/h16-22,27-31,33,37-42,48-51,53-54,61-62,64,68-72,94H,9,15,23-26,32,34-36,43-47H2,1-8,10-14H3,(H,82,95)(H,83,96)(H,84,97)(H,85,91)(H,86,98)(H3,80,81,100)/b40-39-/t51-,53+,54+,61-,62-,64+,68-,69-,70-,71?,72+/m0/s1.